The van der Waals surface area contributed by atoms with Crippen molar-refractivity contribution in [1.82, 2.24) is 20.3 Å². The maximum absolute atomic E-state index is 14.3. The van der Waals surface area contributed by atoms with Crippen molar-refractivity contribution >= 4 is 22.5 Å². The first-order valence-corrected chi connectivity index (χ1v) is 14.9. The number of nitrogens with zero attached hydrogens (tertiary/aromatic N) is 3. The van der Waals surface area contributed by atoms with Gasteiger partial charge in [-0.2, -0.15) is 0 Å². The molecule has 1 saturated heterocycles. The molecule has 0 radical (unpaired) electrons. The molecule has 1 aliphatic heterocycles. The van der Waals surface area contributed by atoms with E-state index in [0.29, 0.717) is 17.1 Å². The SMILES string of the molecule is CCCC1CCN(c2cnc(-c3cc(C)cc(C(=O)NC(c4cc5ccccc5[nH]4)c4cc(F)ccc4O)c3)nc2)CC1. The fraction of sp³-hybridized carbons (Fsp3) is 0.286. The third-order valence-corrected chi connectivity index (χ3v) is 8.35. The van der Waals surface area contributed by atoms with Crippen molar-refractivity contribution < 1.29 is 14.3 Å². The Kier molecular flexibility index (Phi) is 8.09. The Balaban J connectivity index is 1.26. The maximum Gasteiger partial charge on any atom is 0.252 e. The maximum atomic E-state index is 14.3. The molecule has 0 saturated carbocycles. The van der Waals surface area contributed by atoms with Gasteiger partial charge in [-0.3, -0.25) is 4.79 Å². The number of para-hydroxylation sites is 1. The van der Waals surface area contributed by atoms with Crippen molar-refractivity contribution in [2.75, 3.05) is 18.0 Å². The van der Waals surface area contributed by atoms with Crippen molar-refractivity contribution in [3.05, 3.63) is 107 Å². The van der Waals surface area contributed by atoms with Gasteiger partial charge >= 0.3 is 0 Å². The number of aromatic hydroxyl groups is 1. The van der Waals surface area contributed by atoms with Crippen LogP contribution in [0.5, 0.6) is 5.75 Å². The molecule has 220 valence electrons. The summed E-state index contributed by atoms with van der Waals surface area (Å²) in [5.74, 6) is 0.352. The van der Waals surface area contributed by atoms with Gasteiger partial charge in [0.15, 0.2) is 5.82 Å². The van der Waals surface area contributed by atoms with Gasteiger partial charge in [0.05, 0.1) is 24.1 Å². The lowest BCUT2D eigenvalue weighted by Crippen LogP contribution is -2.33. The Morgan fingerprint density at radius 1 is 1.07 bits per heavy atom. The number of anilines is 1. The van der Waals surface area contributed by atoms with Gasteiger partial charge < -0.3 is 20.3 Å². The lowest BCUT2D eigenvalue weighted by Gasteiger charge is -2.33. The quantitative estimate of drug-likeness (QED) is 0.180. The molecule has 1 aliphatic rings. The second-order valence-electron chi connectivity index (χ2n) is 11.5. The van der Waals surface area contributed by atoms with Crippen molar-refractivity contribution in [3.8, 4) is 17.1 Å². The minimum absolute atomic E-state index is 0.113. The van der Waals surface area contributed by atoms with Crippen LogP contribution in [0.25, 0.3) is 22.3 Å². The Morgan fingerprint density at radius 3 is 2.58 bits per heavy atom. The first-order chi connectivity index (χ1) is 20.9. The molecule has 43 heavy (non-hydrogen) atoms. The van der Waals surface area contributed by atoms with Crippen LogP contribution < -0.4 is 10.2 Å². The number of aromatic nitrogens is 3. The number of hydrogen-bond donors (Lipinski definition) is 3. The number of rotatable bonds is 8. The molecule has 6 rings (SSSR count). The van der Waals surface area contributed by atoms with E-state index in [0.717, 1.165) is 46.7 Å². The van der Waals surface area contributed by atoms with E-state index in [-0.39, 0.29) is 17.2 Å². The molecule has 3 N–H and O–H groups in total. The highest BCUT2D eigenvalue weighted by atomic mass is 19.1. The van der Waals surface area contributed by atoms with E-state index < -0.39 is 11.9 Å². The second-order valence-corrected chi connectivity index (χ2v) is 11.5. The molecule has 7 nitrogen and oxygen atoms in total. The normalized spacial score (nSPS) is 14.6. The van der Waals surface area contributed by atoms with Crippen molar-refractivity contribution in [3.63, 3.8) is 0 Å². The van der Waals surface area contributed by atoms with Gasteiger partial charge in [-0.1, -0.05) is 38.0 Å². The van der Waals surface area contributed by atoms with Gasteiger partial charge in [-0.05, 0) is 85.2 Å². The van der Waals surface area contributed by atoms with Crippen LogP contribution in [0.1, 0.15) is 65.8 Å². The minimum Gasteiger partial charge on any atom is -0.508 e. The summed E-state index contributed by atoms with van der Waals surface area (Å²) < 4.78 is 14.3. The first-order valence-electron chi connectivity index (χ1n) is 14.9. The van der Waals surface area contributed by atoms with E-state index >= 15 is 0 Å². The Labute approximate surface area is 250 Å². The van der Waals surface area contributed by atoms with E-state index in [9.17, 15) is 14.3 Å². The highest BCUT2D eigenvalue weighted by Gasteiger charge is 2.24. The number of carbonyl (C=O) groups is 1. The highest BCUT2D eigenvalue weighted by Crippen LogP contribution is 2.32. The van der Waals surface area contributed by atoms with Crippen LogP contribution >= 0.6 is 0 Å². The standard InChI is InChI=1S/C35H36FN5O2/c1-3-6-23-11-13-41(14-12-23)28-20-37-34(38-21-28)25-15-22(2)16-26(17-25)35(43)40-33(29-19-27(36)9-10-32(29)42)31-18-24-7-4-5-8-30(24)39-31/h4-5,7-10,15-21,23,33,39,42H,3,6,11-14H2,1-2H3,(H,40,43). The molecule has 2 aromatic heterocycles. The van der Waals surface area contributed by atoms with Crippen LogP contribution in [0.4, 0.5) is 10.1 Å². The number of aryl methyl sites for hydroxylation is 1. The van der Waals surface area contributed by atoms with E-state index in [4.69, 9.17) is 0 Å². The van der Waals surface area contributed by atoms with Gasteiger partial charge in [0.2, 0.25) is 0 Å². The first kappa shape index (κ1) is 28.4. The Morgan fingerprint density at radius 2 is 1.84 bits per heavy atom. The average Bonchev–Trinajstić information content (AvgIpc) is 3.45. The molecule has 5 aromatic rings. The monoisotopic (exact) mass is 577 g/mol. The Hall–Kier alpha value is -4.72. The van der Waals surface area contributed by atoms with Crippen molar-refractivity contribution in [2.45, 2.75) is 45.6 Å². The summed E-state index contributed by atoms with van der Waals surface area (Å²) in [6, 6.07) is 18.0. The molecule has 0 aliphatic carbocycles. The topological polar surface area (TPSA) is 94.1 Å². The zero-order chi connectivity index (χ0) is 29.9. The molecule has 0 bridgehead atoms. The molecule has 3 aromatic carbocycles. The number of hydrogen-bond acceptors (Lipinski definition) is 5. The largest absolute Gasteiger partial charge is 0.508 e. The van der Waals surface area contributed by atoms with Gasteiger partial charge in [-0.25, -0.2) is 14.4 Å². The molecule has 1 atom stereocenters. The smallest absolute Gasteiger partial charge is 0.252 e. The zero-order valence-electron chi connectivity index (χ0n) is 24.5. The predicted molar refractivity (Wildman–Crippen MR) is 168 cm³/mol. The summed E-state index contributed by atoms with van der Waals surface area (Å²) in [6.07, 6.45) is 8.64. The molecule has 1 unspecified atom stereocenters. The lowest BCUT2D eigenvalue weighted by molar-refractivity contribution is 0.0942. The molecular weight excluding hydrogens is 541 g/mol. The number of nitrogens with one attached hydrogen (secondary N) is 2. The number of aromatic amines is 1. The van der Waals surface area contributed by atoms with Crippen LogP contribution in [0.3, 0.4) is 0 Å². The van der Waals surface area contributed by atoms with Gasteiger partial charge in [0.25, 0.3) is 5.91 Å². The zero-order valence-corrected chi connectivity index (χ0v) is 24.5. The summed E-state index contributed by atoms with van der Waals surface area (Å²) in [6.45, 7) is 6.19. The van der Waals surface area contributed by atoms with Crippen LogP contribution in [0.15, 0.2) is 79.1 Å². The number of halogens is 1. The van der Waals surface area contributed by atoms with Crippen LogP contribution in [0.2, 0.25) is 0 Å². The van der Waals surface area contributed by atoms with E-state index in [1.165, 1.54) is 43.9 Å². The molecule has 8 heteroatoms. The minimum atomic E-state index is -0.823. The fourth-order valence-corrected chi connectivity index (χ4v) is 6.11. The lowest BCUT2D eigenvalue weighted by atomic mass is 9.92. The number of fused-ring (bicyclic) bond motifs is 1. The van der Waals surface area contributed by atoms with Crippen LogP contribution in [-0.2, 0) is 0 Å². The number of phenolic OH excluding ortho intramolecular Hbond substituents is 1. The van der Waals surface area contributed by atoms with Crippen LogP contribution in [-0.4, -0.2) is 39.1 Å². The van der Waals surface area contributed by atoms with E-state index in [1.54, 1.807) is 12.1 Å². The molecule has 3 heterocycles. The number of H-pyrrole nitrogens is 1. The molecule has 0 spiro atoms. The molecular formula is C35H36FN5O2. The molecule has 1 fully saturated rings. The van der Waals surface area contributed by atoms with Gasteiger partial charge in [0.1, 0.15) is 11.6 Å². The summed E-state index contributed by atoms with van der Waals surface area (Å²) in [4.78, 5) is 28.7. The number of piperidine rings is 1. The van der Waals surface area contributed by atoms with Crippen molar-refractivity contribution in [1.29, 1.82) is 0 Å². The number of phenols is 1. The number of benzene rings is 3. The predicted octanol–water partition coefficient (Wildman–Crippen LogP) is 7.31. The highest BCUT2D eigenvalue weighted by molar-refractivity contribution is 5.96. The Bertz CT molecular complexity index is 1710. The third-order valence-electron chi connectivity index (χ3n) is 8.35. The summed E-state index contributed by atoms with van der Waals surface area (Å²) in [5.41, 5.74) is 4.79. The number of amides is 1. The summed E-state index contributed by atoms with van der Waals surface area (Å²) >= 11 is 0. The van der Waals surface area contributed by atoms with E-state index in [2.05, 4.69) is 32.1 Å². The van der Waals surface area contributed by atoms with E-state index in [1.807, 2.05) is 55.7 Å². The van der Waals surface area contributed by atoms with Gasteiger partial charge in [-0.15, -0.1) is 0 Å². The molecule has 1 amide bonds. The second kappa shape index (κ2) is 12.3. The van der Waals surface area contributed by atoms with Crippen molar-refractivity contribution in [2.24, 2.45) is 5.92 Å². The summed E-state index contributed by atoms with van der Waals surface area (Å²) in [5, 5.41) is 14.6. The average molecular weight is 578 g/mol. The van der Waals surface area contributed by atoms with Crippen LogP contribution in [0, 0.1) is 18.7 Å². The summed E-state index contributed by atoms with van der Waals surface area (Å²) in [7, 11) is 0. The third kappa shape index (κ3) is 6.23. The van der Waals surface area contributed by atoms with Gasteiger partial charge in [0, 0.05) is 41.0 Å². The number of carbonyl (C=O) groups excluding carboxylic acids is 1. The fourth-order valence-electron chi connectivity index (χ4n) is 6.11.